The van der Waals surface area contributed by atoms with Gasteiger partial charge in [-0.15, -0.1) is 0 Å². The first-order valence-electron chi connectivity index (χ1n) is 9.85. The predicted molar refractivity (Wildman–Crippen MR) is 123 cm³/mol. The van der Waals surface area contributed by atoms with Crippen molar-refractivity contribution >= 4 is 40.6 Å². The van der Waals surface area contributed by atoms with Gasteiger partial charge in [-0.3, -0.25) is 9.69 Å². The van der Waals surface area contributed by atoms with Crippen molar-refractivity contribution in [2.75, 3.05) is 27.4 Å². The third kappa shape index (κ3) is 5.49. The Morgan fingerprint density at radius 3 is 2.59 bits per heavy atom. The second-order valence-corrected chi connectivity index (χ2v) is 7.78. The highest BCUT2D eigenvalue weighted by atomic mass is 32.2. The normalized spacial score (nSPS) is 17.1. The molecule has 0 aromatic heterocycles. The summed E-state index contributed by atoms with van der Waals surface area (Å²) in [5, 5.41) is 9.78. The molecule has 1 aliphatic heterocycles. The van der Waals surface area contributed by atoms with Crippen molar-refractivity contribution in [3.8, 4) is 11.5 Å². The fourth-order valence-corrected chi connectivity index (χ4v) is 3.90. The number of thioether (sulfide) groups is 1. The van der Waals surface area contributed by atoms with E-state index in [0.29, 0.717) is 34.5 Å². The number of carbonyl (C=O) groups excluding carboxylic acids is 1. The summed E-state index contributed by atoms with van der Waals surface area (Å²) in [6.45, 7) is 2.14. The predicted octanol–water partition coefficient (Wildman–Crippen LogP) is 3.80. The van der Waals surface area contributed by atoms with Gasteiger partial charge in [-0.25, -0.2) is 9.79 Å². The van der Waals surface area contributed by atoms with Crippen molar-refractivity contribution in [3.05, 3.63) is 59.0 Å². The van der Waals surface area contributed by atoms with Gasteiger partial charge in [-0.2, -0.15) is 0 Å². The number of carboxylic acids is 1. The fraction of sp³-hybridized carbons (Fsp3) is 0.261. The molecule has 168 valence electrons. The summed E-state index contributed by atoms with van der Waals surface area (Å²) in [7, 11) is 3.04. The van der Waals surface area contributed by atoms with Crippen LogP contribution in [-0.4, -0.2) is 60.5 Å². The third-order valence-corrected chi connectivity index (χ3v) is 5.55. The molecule has 9 heteroatoms. The van der Waals surface area contributed by atoms with Gasteiger partial charge in [0.05, 0.1) is 30.9 Å². The summed E-state index contributed by atoms with van der Waals surface area (Å²) in [5.41, 5.74) is 1.26. The quantitative estimate of drug-likeness (QED) is 0.573. The van der Waals surface area contributed by atoms with Crippen LogP contribution in [0.5, 0.6) is 11.5 Å². The molecule has 0 unspecified atom stereocenters. The van der Waals surface area contributed by atoms with E-state index in [4.69, 9.17) is 14.2 Å². The number of carboxylic acid groups (broad SMARTS) is 1. The molecule has 0 aliphatic carbocycles. The Labute approximate surface area is 190 Å². The highest BCUT2D eigenvalue weighted by molar-refractivity contribution is 8.18. The number of hydrogen-bond donors (Lipinski definition) is 1. The molecular formula is C23H24N2O6S. The van der Waals surface area contributed by atoms with Crippen molar-refractivity contribution in [3.63, 3.8) is 0 Å². The van der Waals surface area contributed by atoms with E-state index in [1.165, 1.54) is 25.8 Å². The van der Waals surface area contributed by atoms with E-state index < -0.39 is 12.1 Å². The van der Waals surface area contributed by atoms with Crippen molar-refractivity contribution in [1.29, 1.82) is 0 Å². The van der Waals surface area contributed by atoms with Crippen molar-refractivity contribution in [2.45, 2.75) is 13.0 Å². The number of aliphatic imine (C=N–C) groups is 1. The Balaban J connectivity index is 2.00. The number of amides is 1. The molecule has 1 amide bonds. The summed E-state index contributed by atoms with van der Waals surface area (Å²) in [5.74, 6) is -0.703. The summed E-state index contributed by atoms with van der Waals surface area (Å²) >= 11 is 1.23. The number of hydrogen-bond acceptors (Lipinski definition) is 7. The Morgan fingerprint density at radius 2 is 1.94 bits per heavy atom. The Bertz CT molecular complexity index is 1040. The van der Waals surface area contributed by atoms with E-state index in [1.54, 1.807) is 36.3 Å². The van der Waals surface area contributed by atoms with E-state index in [0.717, 1.165) is 5.69 Å². The molecule has 1 fully saturated rings. The van der Waals surface area contributed by atoms with E-state index >= 15 is 0 Å². The van der Waals surface area contributed by atoms with E-state index in [1.807, 2.05) is 30.3 Å². The molecule has 3 rings (SSSR count). The number of rotatable bonds is 9. The SMILES string of the molecule is COCCN1C(=O)/C(=C/c2cccc(OC)c2O[C@H](C)C(=O)O)SC1=Nc1ccccc1. The minimum atomic E-state index is -1.11. The monoisotopic (exact) mass is 456 g/mol. The highest BCUT2D eigenvalue weighted by Gasteiger charge is 2.33. The molecule has 2 aromatic rings. The molecular weight excluding hydrogens is 432 g/mol. The summed E-state index contributed by atoms with van der Waals surface area (Å²) in [6, 6.07) is 14.5. The summed E-state index contributed by atoms with van der Waals surface area (Å²) in [4.78, 5) is 31.1. The van der Waals surface area contributed by atoms with Crippen LogP contribution in [0.1, 0.15) is 12.5 Å². The van der Waals surface area contributed by atoms with Gasteiger partial charge in [-0.05, 0) is 43.0 Å². The highest BCUT2D eigenvalue weighted by Crippen LogP contribution is 2.38. The van der Waals surface area contributed by atoms with Crippen LogP contribution in [0.15, 0.2) is 58.4 Å². The molecule has 1 heterocycles. The largest absolute Gasteiger partial charge is 0.493 e. The van der Waals surface area contributed by atoms with Gasteiger partial charge in [0, 0.05) is 12.7 Å². The molecule has 2 aromatic carbocycles. The lowest BCUT2D eigenvalue weighted by molar-refractivity contribution is -0.144. The maximum atomic E-state index is 13.1. The number of carbonyl (C=O) groups is 2. The first-order valence-corrected chi connectivity index (χ1v) is 10.7. The number of ether oxygens (including phenoxy) is 3. The molecule has 8 nitrogen and oxygen atoms in total. The molecule has 32 heavy (non-hydrogen) atoms. The zero-order valence-corrected chi connectivity index (χ0v) is 18.8. The average Bonchev–Trinajstić information content (AvgIpc) is 3.07. The average molecular weight is 457 g/mol. The van der Waals surface area contributed by atoms with Crippen molar-refractivity contribution in [2.24, 2.45) is 4.99 Å². The molecule has 1 atom stereocenters. The Morgan fingerprint density at radius 1 is 1.19 bits per heavy atom. The van der Waals surface area contributed by atoms with Crippen LogP contribution in [0.25, 0.3) is 6.08 Å². The van der Waals surface area contributed by atoms with E-state index in [9.17, 15) is 14.7 Å². The Kier molecular flexibility index (Phi) is 7.91. The van der Waals surface area contributed by atoms with Gasteiger partial charge in [0.25, 0.3) is 5.91 Å². The van der Waals surface area contributed by atoms with Gasteiger partial charge in [0.15, 0.2) is 22.8 Å². The van der Waals surface area contributed by atoms with E-state index in [-0.39, 0.29) is 11.7 Å². The van der Waals surface area contributed by atoms with Crippen LogP contribution in [0, 0.1) is 0 Å². The number of aliphatic carboxylic acids is 1. The lowest BCUT2D eigenvalue weighted by Gasteiger charge is -2.16. The number of amidine groups is 1. The topological polar surface area (TPSA) is 97.7 Å². The van der Waals surface area contributed by atoms with Gasteiger partial charge < -0.3 is 19.3 Å². The first-order chi connectivity index (χ1) is 15.4. The van der Waals surface area contributed by atoms with Crippen molar-refractivity contribution in [1.82, 2.24) is 4.90 Å². The van der Waals surface area contributed by atoms with Crippen LogP contribution < -0.4 is 9.47 Å². The van der Waals surface area contributed by atoms with Gasteiger partial charge >= 0.3 is 5.97 Å². The zero-order valence-electron chi connectivity index (χ0n) is 18.0. The number of nitrogens with zero attached hydrogens (tertiary/aromatic N) is 2. The third-order valence-electron chi connectivity index (χ3n) is 4.55. The molecule has 1 aliphatic rings. The minimum absolute atomic E-state index is 0.221. The lowest BCUT2D eigenvalue weighted by Crippen LogP contribution is -2.32. The van der Waals surface area contributed by atoms with Crippen LogP contribution in [-0.2, 0) is 14.3 Å². The molecule has 0 bridgehead atoms. The second kappa shape index (κ2) is 10.8. The molecule has 0 radical (unpaired) electrons. The standard InChI is InChI=1S/C23H24N2O6S/c1-15(22(27)28)31-20-16(8-7-11-18(20)30-3)14-19-21(26)25(12-13-29-2)23(32-19)24-17-9-5-4-6-10-17/h4-11,14-15H,12-13H2,1-3H3,(H,27,28)/b19-14-,24-23?/t15-/m1/s1. The van der Waals surface area contributed by atoms with Crippen LogP contribution in [0.3, 0.4) is 0 Å². The summed E-state index contributed by atoms with van der Waals surface area (Å²) < 4.78 is 16.1. The molecule has 0 saturated carbocycles. The number of benzene rings is 2. The van der Waals surface area contributed by atoms with Gasteiger partial charge in [0.1, 0.15) is 0 Å². The Hall–Kier alpha value is -3.30. The minimum Gasteiger partial charge on any atom is -0.493 e. The summed E-state index contributed by atoms with van der Waals surface area (Å²) in [6.07, 6.45) is 0.566. The lowest BCUT2D eigenvalue weighted by atomic mass is 10.1. The maximum Gasteiger partial charge on any atom is 0.344 e. The van der Waals surface area contributed by atoms with Crippen LogP contribution in [0.4, 0.5) is 5.69 Å². The van der Waals surface area contributed by atoms with Gasteiger partial charge in [0.2, 0.25) is 0 Å². The fourth-order valence-electron chi connectivity index (χ4n) is 2.89. The smallest absolute Gasteiger partial charge is 0.344 e. The molecule has 1 saturated heterocycles. The maximum absolute atomic E-state index is 13.1. The van der Waals surface area contributed by atoms with Crippen LogP contribution in [0.2, 0.25) is 0 Å². The molecule has 0 spiro atoms. The van der Waals surface area contributed by atoms with Crippen LogP contribution >= 0.6 is 11.8 Å². The zero-order chi connectivity index (χ0) is 23.1. The van der Waals surface area contributed by atoms with E-state index in [2.05, 4.69) is 4.99 Å². The first kappa shape index (κ1) is 23.4. The number of methoxy groups -OCH3 is 2. The van der Waals surface area contributed by atoms with Crippen molar-refractivity contribution < 1.29 is 28.9 Å². The van der Waals surface area contributed by atoms with Gasteiger partial charge in [-0.1, -0.05) is 30.3 Å². The second-order valence-electron chi connectivity index (χ2n) is 6.77. The number of para-hydroxylation sites is 2. The molecule has 1 N–H and O–H groups in total.